The second kappa shape index (κ2) is 5.53. The van der Waals surface area contributed by atoms with E-state index in [1.165, 1.54) is 5.56 Å². The van der Waals surface area contributed by atoms with E-state index in [9.17, 15) is 4.79 Å². The van der Waals surface area contributed by atoms with E-state index >= 15 is 0 Å². The molecule has 0 aromatic heterocycles. The highest BCUT2D eigenvalue weighted by atomic mass is 16.2. The van der Waals surface area contributed by atoms with Crippen molar-refractivity contribution in [3.05, 3.63) is 29.8 Å². The van der Waals surface area contributed by atoms with Gasteiger partial charge in [-0.2, -0.15) is 0 Å². The quantitative estimate of drug-likeness (QED) is 0.889. The summed E-state index contributed by atoms with van der Waals surface area (Å²) in [5.74, 6) is 0.693. The van der Waals surface area contributed by atoms with Crippen LogP contribution in [0.2, 0.25) is 0 Å². The summed E-state index contributed by atoms with van der Waals surface area (Å²) in [4.78, 5) is 14.3. The number of nitrogens with zero attached hydrogens (tertiary/aromatic N) is 1. The molecule has 1 aromatic rings. The van der Waals surface area contributed by atoms with Gasteiger partial charge in [0, 0.05) is 18.7 Å². The maximum Gasteiger partial charge on any atom is 0.230 e. The Morgan fingerprint density at radius 1 is 1.44 bits per heavy atom. The van der Waals surface area contributed by atoms with Crippen LogP contribution in [0.3, 0.4) is 0 Å². The molecule has 0 bridgehead atoms. The lowest BCUT2D eigenvalue weighted by Gasteiger charge is -2.24. The molecular weight excluding hydrogens is 224 g/mol. The number of aryl methyl sites for hydroxylation is 1. The Kier molecular flexibility index (Phi) is 4.02. The van der Waals surface area contributed by atoms with Gasteiger partial charge in [0.2, 0.25) is 5.91 Å². The van der Waals surface area contributed by atoms with E-state index in [1.807, 2.05) is 38.2 Å². The second-order valence-corrected chi connectivity index (χ2v) is 5.27. The number of amides is 1. The first kappa shape index (κ1) is 13.1. The molecule has 0 aliphatic heterocycles. The van der Waals surface area contributed by atoms with E-state index in [1.54, 1.807) is 4.90 Å². The average molecular weight is 246 g/mol. The summed E-state index contributed by atoms with van der Waals surface area (Å²) >= 11 is 0. The molecule has 0 heterocycles. The molecule has 1 aromatic carbocycles. The van der Waals surface area contributed by atoms with E-state index < -0.39 is 0 Å². The Morgan fingerprint density at radius 2 is 2.22 bits per heavy atom. The van der Waals surface area contributed by atoms with E-state index in [-0.39, 0.29) is 11.8 Å². The molecule has 1 saturated carbocycles. The molecule has 1 amide bonds. The normalized spacial score (nSPS) is 23.1. The number of anilines is 1. The smallest absolute Gasteiger partial charge is 0.230 e. The molecule has 18 heavy (non-hydrogen) atoms. The number of hydrogen-bond donors (Lipinski definition) is 1. The third-order valence-corrected chi connectivity index (χ3v) is 4.00. The van der Waals surface area contributed by atoms with Gasteiger partial charge in [-0.25, -0.2) is 0 Å². The van der Waals surface area contributed by atoms with Gasteiger partial charge >= 0.3 is 0 Å². The van der Waals surface area contributed by atoms with Crippen LogP contribution in [0.25, 0.3) is 0 Å². The van der Waals surface area contributed by atoms with Crippen molar-refractivity contribution in [1.82, 2.24) is 0 Å². The summed E-state index contributed by atoms with van der Waals surface area (Å²) in [6, 6.07) is 8.06. The zero-order valence-electron chi connectivity index (χ0n) is 11.2. The number of hydrogen-bond acceptors (Lipinski definition) is 2. The molecule has 0 radical (unpaired) electrons. The Morgan fingerprint density at radius 3 is 2.89 bits per heavy atom. The predicted molar refractivity (Wildman–Crippen MR) is 74.5 cm³/mol. The molecule has 2 unspecified atom stereocenters. The molecule has 2 atom stereocenters. The number of rotatable bonds is 3. The molecule has 0 saturated heterocycles. The molecular formula is C15H22N2O. The molecule has 98 valence electrons. The first-order valence-electron chi connectivity index (χ1n) is 6.67. The van der Waals surface area contributed by atoms with Crippen molar-refractivity contribution in [1.29, 1.82) is 0 Å². The van der Waals surface area contributed by atoms with Crippen molar-refractivity contribution in [2.45, 2.75) is 26.2 Å². The third kappa shape index (κ3) is 2.56. The van der Waals surface area contributed by atoms with Crippen LogP contribution in [0.15, 0.2) is 24.3 Å². The van der Waals surface area contributed by atoms with Gasteiger partial charge in [0.25, 0.3) is 0 Å². The molecule has 2 N–H and O–H groups in total. The van der Waals surface area contributed by atoms with Gasteiger partial charge in [-0.1, -0.05) is 18.6 Å². The van der Waals surface area contributed by atoms with Gasteiger partial charge in [-0.3, -0.25) is 4.79 Å². The van der Waals surface area contributed by atoms with Crippen molar-refractivity contribution in [2.75, 3.05) is 18.5 Å². The fourth-order valence-corrected chi connectivity index (χ4v) is 2.86. The molecule has 3 heteroatoms. The van der Waals surface area contributed by atoms with Crippen LogP contribution >= 0.6 is 0 Å². The predicted octanol–water partition coefficient (Wildman–Crippen LogP) is 2.33. The Bertz CT molecular complexity index is 430. The molecule has 1 fully saturated rings. The summed E-state index contributed by atoms with van der Waals surface area (Å²) in [5.41, 5.74) is 7.90. The lowest BCUT2D eigenvalue weighted by molar-refractivity contribution is -0.123. The lowest BCUT2D eigenvalue weighted by Crippen LogP contribution is -2.36. The van der Waals surface area contributed by atoms with Gasteiger partial charge in [0.15, 0.2) is 0 Å². The van der Waals surface area contributed by atoms with Crippen LogP contribution in [0.4, 0.5) is 5.69 Å². The molecule has 3 nitrogen and oxygen atoms in total. The SMILES string of the molecule is Cc1cccc(N(C)C(=O)C2CCCC2CN)c1. The Labute approximate surface area is 109 Å². The lowest BCUT2D eigenvalue weighted by atomic mass is 9.94. The van der Waals surface area contributed by atoms with Crippen LogP contribution in [0.5, 0.6) is 0 Å². The fourth-order valence-electron chi connectivity index (χ4n) is 2.86. The minimum Gasteiger partial charge on any atom is -0.330 e. The van der Waals surface area contributed by atoms with E-state index in [0.717, 1.165) is 24.9 Å². The molecule has 1 aliphatic rings. The van der Waals surface area contributed by atoms with Crippen LogP contribution < -0.4 is 10.6 Å². The highest BCUT2D eigenvalue weighted by Gasteiger charge is 2.33. The third-order valence-electron chi connectivity index (χ3n) is 4.00. The van der Waals surface area contributed by atoms with E-state index in [4.69, 9.17) is 5.73 Å². The number of nitrogens with two attached hydrogens (primary N) is 1. The monoisotopic (exact) mass is 246 g/mol. The first-order valence-corrected chi connectivity index (χ1v) is 6.67. The number of benzene rings is 1. The highest BCUT2D eigenvalue weighted by molar-refractivity contribution is 5.94. The van der Waals surface area contributed by atoms with Gasteiger partial charge in [0.05, 0.1) is 0 Å². The maximum absolute atomic E-state index is 12.5. The fraction of sp³-hybridized carbons (Fsp3) is 0.533. The average Bonchev–Trinajstić information content (AvgIpc) is 2.85. The molecule has 1 aliphatic carbocycles. The van der Waals surface area contributed by atoms with Crippen molar-refractivity contribution < 1.29 is 4.79 Å². The number of carbonyl (C=O) groups is 1. The highest BCUT2D eigenvalue weighted by Crippen LogP contribution is 2.33. The minimum atomic E-state index is 0.112. The van der Waals surface area contributed by atoms with Crippen molar-refractivity contribution in [3.63, 3.8) is 0 Å². The zero-order valence-corrected chi connectivity index (χ0v) is 11.2. The van der Waals surface area contributed by atoms with Crippen LogP contribution in [-0.4, -0.2) is 19.5 Å². The van der Waals surface area contributed by atoms with Crippen molar-refractivity contribution in [3.8, 4) is 0 Å². The van der Waals surface area contributed by atoms with Crippen LogP contribution in [0, 0.1) is 18.8 Å². The standard InChI is InChI=1S/C15H22N2O/c1-11-5-3-7-13(9-11)17(2)15(18)14-8-4-6-12(14)10-16/h3,5,7,9,12,14H,4,6,8,10,16H2,1-2H3. The first-order chi connectivity index (χ1) is 8.63. The van der Waals surface area contributed by atoms with E-state index in [0.29, 0.717) is 12.5 Å². The van der Waals surface area contributed by atoms with Crippen molar-refractivity contribution >= 4 is 11.6 Å². The second-order valence-electron chi connectivity index (χ2n) is 5.27. The Balaban J connectivity index is 2.13. The number of carbonyl (C=O) groups excluding carboxylic acids is 1. The topological polar surface area (TPSA) is 46.3 Å². The van der Waals surface area contributed by atoms with Gasteiger partial charge < -0.3 is 10.6 Å². The summed E-state index contributed by atoms with van der Waals surface area (Å²) in [6.07, 6.45) is 3.20. The Hall–Kier alpha value is -1.35. The van der Waals surface area contributed by atoms with E-state index in [2.05, 4.69) is 0 Å². The van der Waals surface area contributed by atoms with Gasteiger partial charge in [-0.05, 0) is 49.9 Å². The maximum atomic E-state index is 12.5. The largest absolute Gasteiger partial charge is 0.330 e. The summed E-state index contributed by atoms with van der Waals surface area (Å²) < 4.78 is 0. The summed E-state index contributed by atoms with van der Waals surface area (Å²) in [6.45, 7) is 2.66. The molecule has 0 spiro atoms. The van der Waals surface area contributed by atoms with Crippen LogP contribution in [0.1, 0.15) is 24.8 Å². The minimum absolute atomic E-state index is 0.112. The van der Waals surface area contributed by atoms with Crippen LogP contribution in [-0.2, 0) is 4.79 Å². The summed E-state index contributed by atoms with van der Waals surface area (Å²) in [7, 11) is 1.86. The zero-order chi connectivity index (χ0) is 13.1. The summed E-state index contributed by atoms with van der Waals surface area (Å²) in [5, 5.41) is 0. The molecule has 2 rings (SSSR count). The van der Waals surface area contributed by atoms with Gasteiger partial charge in [0.1, 0.15) is 0 Å². The van der Waals surface area contributed by atoms with Crippen molar-refractivity contribution in [2.24, 2.45) is 17.6 Å². The van der Waals surface area contributed by atoms with Gasteiger partial charge in [-0.15, -0.1) is 0 Å².